The number of para-hydroxylation sites is 1. The number of carbonyl (C=O) groups is 2. The second-order valence-corrected chi connectivity index (χ2v) is 6.88. The van der Waals surface area contributed by atoms with Crippen LogP contribution in [-0.4, -0.2) is 24.0 Å². The van der Waals surface area contributed by atoms with Crippen LogP contribution in [0.4, 0.5) is 5.69 Å². The summed E-state index contributed by atoms with van der Waals surface area (Å²) in [6.07, 6.45) is 1.15. The van der Waals surface area contributed by atoms with Gasteiger partial charge in [0.25, 0.3) is 11.8 Å². The molecule has 0 aromatic heterocycles. The molecule has 0 spiro atoms. The van der Waals surface area contributed by atoms with Crippen molar-refractivity contribution in [1.82, 2.24) is 5.32 Å². The van der Waals surface area contributed by atoms with Gasteiger partial charge in [-0.05, 0) is 44.0 Å². The molecule has 136 valence electrons. The summed E-state index contributed by atoms with van der Waals surface area (Å²) in [5.74, 6) is -0.274. The van der Waals surface area contributed by atoms with Gasteiger partial charge in [-0.1, -0.05) is 41.4 Å². The van der Waals surface area contributed by atoms with Crippen LogP contribution in [-0.2, 0) is 4.79 Å². The van der Waals surface area contributed by atoms with Crippen molar-refractivity contribution in [3.63, 3.8) is 0 Å². The molecule has 2 aromatic carbocycles. The van der Waals surface area contributed by atoms with Gasteiger partial charge in [0, 0.05) is 6.04 Å². The van der Waals surface area contributed by atoms with Gasteiger partial charge in [0.1, 0.15) is 10.8 Å². The summed E-state index contributed by atoms with van der Waals surface area (Å²) in [6.45, 7) is 1.60. The highest BCUT2D eigenvalue weighted by Crippen LogP contribution is 2.32. The predicted octanol–water partition coefficient (Wildman–Crippen LogP) is 4.29. The topological polar surface area (TPSA) is 67.4 Å². The van der Waals surface area contributed by atoms with E-state index in [0.717, 1.165) is 12.8 Å². The maximum atomic E-state index is 12.5. The summed E-state index contributed by atoms with van der Waals surface area (Å²) < 4.78 is 5.61. The van der Waals surface area contributed by atoms with Crippen LogP contribution in [0, 0.1) is 0 Å². The molecule has 7 heteroatoms. The number of hydrogen-bond donors (Lipinski definition) is 2. The third kappa shape index (κ3) is 4.48. The van der Waals surface area contributed by atoms with E-state index in [0.29, 0.717) is 22.0 Å². The molecule has 1 aliphatic carbocycles. The lowest BCUT2D eigenvalue weighted by Crippen LogP contribution is -2.32. The Labute approximate surface area is 161 Å². The van der Waals surface area contributed by atoms with Gasteiger partial charge in [0.2, 0.25) is 0 Å². The van der Waals surface area contributed by atoms with Gasteiger partial charge in [0.05, 0.1) is 16.3 Å². The Hall–Kier alpha value is -2.24. The normalized spacial score (nSPS) is 14.4. The van der Waals surface area contributed by atoms with Gasteiger partial charge in [-0.2, -0.15) is 0 Å². The first-order valence-electron chi connectivity index (χ1n) is 8.27. The number of benzene rings is 2. The van der Waals surface area contributed by atoms with Crippen LogP contribution in [0.2, 0.25) is 10.0 Å². The van der Waals surface area contributed by atoms with Crippen LogP contribution in [0.3, 0.4) is 0 Å². The molecule has 0 saturated heterocycles. The molecule has 1 unspecified atom stereocenters. The van der Waals surface area contributed by atoms with Crippen LogP contribution >= 0.6 is 23.2 Å². The summed E-state index contributed by atoms with van der Waals surface area (Å²) in [5.41, 5.74) is 0.851. The minimum atomic E-state index is -0.828. The van der Waals surface area contributed by atoms with Crippen LogP contribution in [0.1, 0.15) is 30.1 Å². The molecule has 26 heavy (non-hydrogen) atoms. The Morgan fingerprint density at radius 3 is 2.58 bits per heavy atom. The minimum Gasteiger partial charge on any atom is -0.479 e. The fraction of sp³-hybridized carbons (Fsp3) is 0.263. The lowest BCUT2D eigenvalue weighted by Gasteiger charge is -2.17. The van der Waals surface area contributed by atoms with Crippen molar-refractivity contribution in [2.75, 3.05) is 5.32 Å². The summed E-state index contributed by atoms with van der Waals surface area (Å²) in [6, 6.07) is 12.0. The first-order valence-corrected chi connectivity index (χ1v) is 9.02. The number of carbonyl (C=O) groups excluding carboxylic acids is 2. The van der Waals surface area contributed by atoms with E-state index < -0.39 is 12.0 Å². The van der Waals surface area contributed by atoms with E-state index in [2.05, 4.69) is 10.6 Å². The van der Waals surface area contributed by atoms with Crippen LogP contribution < -0.4 is 15.4 Å². The summed E-state index contributed by atoms with van der Waals surface area (Å²) >= 11 is 12.0. The number of anilines is 1. The van der Waals surface area contributed by atoms with E-state index in [1.807, 2.05) is 0 Å². The van der Waals surface area contributed by atoms with E-state index >= 15 is 0 Å². The predicted molar refractivity (Wildman–Crippen MR) is 102 cm³/mol. The smallest absolute Gasteiger partial charge is 0.265 e. The molecule has 0 aliphatic heterocycles. The molecule has 1 aliphatic rings. The van der Waals surface area contributed by atoms with Gasteiger partial charge in [-0.15, -0.1) is 0 Å². The minimum absolute atomic E-state index is 0.199. The Balaban J connectivity index is 1.69. The van der Waals surface area contributed by atoms with E-state index in [1.165, 1.54) is 0 Å². The molecule has 2 N–H and O–H groups in total. The molecule has 3 rings (SSSR count). The Kier molecular flexibility index (Phi) is 5.69. The van der Waals surface area contributed by atoms with Crippen molar-refractivity contribution in [3.8, 4) is 5.75 Å². The number of hydrogen-bond acceptors (Lipinski definition) is 3. The highest BCUT2D eigenvalue weighted by molar-refractivity contribution is 6.42. The van der Waals surface area contributed by atoms with Crippen molar-refractivity contribution < 1.29 is 14.3 Å². The largest absolute Gasteiger partial charge is 0.479 e. The average Bonchev–Trinajstić information content (AvgIpc) is 3.43. The van der Waals surface area contributed by atoms with Crippen LogP contribution in [0.15, 0.2) is 42.5 Å². The van der Waals surface area contributed by atoms with Crippen molar-refractivity contribution in [2.45, 2.75) is 31.9 Å². The van der Waals surface area contributed by atoms with E-state index in [4.69, 9.17) is 27.9 Å². The quantitative estimate of drug-likeness (QED) is 0.770. The number of ether oxygens (including phenoxy) is 1. The van der Waals surface area contributed by atoms with Crippen molar-refractivity contribution in [1.29, 1.82) is 0 Å². The molecule has 2 aromatic rings. The summed E-state index contributed by atoms with van der Waals surface area (Å²) in [5, 5.41) is 6.25. The summed E-state index contributed by atoms with van der Waals surface area (Å²) in [7, 11) is 0. The van der Waals surface area contributed by atoms with Gasteiger partial charge in [0.15, 0.2) is 6.10 Å². The lowest BCUT2D eigenvalue weighted by atomic mass is 10.1. The van der Waals surface area contributed by atoms with Crippen molar-refractivity contribution in [2.24, 2.45) is 0 Å². The third-order valence-electron chi connectivity index (χ3n) is 3.93. The average molecular weight is 393 g/mol. The molecule has 5 nitrogen and oxygen atoms in total. The molecule has 1 fully saturated rings. The highest BCUT2D eigenvalue weighted by atomic mass is 35.5. The van der Waals surface area contributed by atoms with Crippen molar-refractivity contribution >= 4 is 40.7 Å². The maximum absolute atomic E-state index is 12.5. The number of nitrogens with one attached hydrogen (secondary N) is 2. The second-order valence-electron chi connectivity index (χ2n) is 6.09. The number of halogens is 2. The summed E-state index contributed by atoms with van der Waals surface area (Å²) in [4.78, 5) is 24.8. The highest BCUT2D eigenvalue weighted by Gasteiger charge is 2.25. The zero-order valence-corrected chi connectivity index (χ0v) is 15.6. The second kappa shape index (κ2) is 7.98. The van der Waals surface area contributed by atoms with E-state index in [-0.39, 0.29) is 17.0 Å². The monoisotopic (exact) mass is 392 g/mol. The van der Waals surface area contributed by atoms with E-state index in [1.54, 1.807) is 49.4 Å². The fourth-order valence-electron chi connectivity index (χ4n) is 2.33. The molecular weight excluding hydrogens is 375 g/mol. The number of rotatable bonds is 6. The standard InChI is InChI=1S/C19H18Cl2N2O3/c1-11(26-16-8-4-6-14(20)17(16)21)18(24)23-15-7-3-2-5-13(15)19(25)22-12-9-10-12/h2-8,11-12H,9-10H2,1H3,(H,22,25)(H,23,24). The Morgan fingerprint density at radius 1 is 1.12 bits per heavy atom. The molecule has 2 amide bonds. The fourth-order valence-corrected chi connectivity index (χ4v) is 2.67. The molecule has 0 heterocycles. The van der Waals surface area contributed by atoms with Crippen LogP contribution in [0.25, 0.3) is 0 Å². The zero-order valence-electron chi connectivity index (χ0n) is 14.1. The first kappa shape index (κ1) is 18.5. The first-order chi connectivity index (χ1) is 12.5. The number of amides is 2. The van der Waals surface area contributed by atoms with Gasteiger partial charge >= 0.3 is 0 Å². The Morgan fingerprint density at radius 2 is 1.85 bits per heavy atom. The third-order valence-corrected chi connectivity index (χ3v) is 4.73. The molecule has 0 bridgehead atoms. The molecule has 1 atom stereocenters. The molecular formula is C19H18Cl2N2O3. The van der Waals surface area contributed by atoms with Crippen molar-refractivity contribution in [3.05, 3.63) is 58.1 Å². The van der Waals surface area contributed by atoms with E-state index in [9.17, 15) is 9.59 Å². The lowest BCUT2D eigenvalue weighted by molar-refractivity contribution is -0.122. The van der Waals surface area contributed by atoms with Gasteiger partial charge in [-0.3, -0.25) is 9.59 Å². The maximum Gasteiger partial charge on any atom is 0.265 e. The Bertz CT molecular complexity index is 837. The van der Waals surface area contributed by atoms with Crippen LogP contribution in [0.5, 0.6) is 5.75 Å². The SMILES string of the molecule is CC(Oc1cccc(Cl)c1Cl)C(=O)Nc1ccccc1C(=O)NC1CC1. The molecule has 1 saturated carbocycles. The zero-order chi connectivity index (χ0) is 18.7. The van der Waals surface area contributed by atoms with Gasteiger partial charge < -0.3 is 15.4 Å². The molecule has 0 radical (unpaired) electrons. The van der Waals surface area contributed by atoms with Gasteiger partial charge in [-0.25, -0.2) is 0 Å².